The highest BCUT2D eigenvalue weighted by atomic mass is 16.2. The average molecular weight is 374 g/mol. The number of hydrogen-bond acceptors (Lipinski definition) is 4. The van der Waals surface area contributed by atoms with Gasteiger partial charge >= 0.3 is 0 Å². The number of rotatable bonds is 5. The lowest BCUT2D eigenvalue weighted by Gasteiger charge is -2.35. The van der Waals surface area contributed by atoms with Gasteiger partial charge in [-0.3, -0.25) is 9.69 Å². The van der Waals surface area contributed by atoms with E-state index < -0.39 is 0 Å². The van der Waals surface area contributed by atoms with Gasteiger partial charge in [-0.05, 0) is 35.4 Å². The third kappa shape index (κ3) is 4.15. The van der Waals surface area contributed by atoms with Crippen molar-refractivity contribution in [1.29, 1.82) is 0 Å². The van der Waals surface area contributed by atoms with Gasteiger partial charge in [0.15, 0.2) is 0 Å². The van der Waals surface area contributed by atoms with Gasteiger partial charge in [0.1, 0.15) is 5.82 Å². The summed E-state index contributed by atoms with van der Waals surface area (Å²) in [5, 5.41) is 5.57. The largest absolute Gasteiger partial charge is 0.354 e. The Morgan fingerprint density at radius 3 is 2.54 bits per heavy atom. The van der Waals surface area contributed by atoms with Crippen molar-refractivity contribution in [2.45, 2.75) is 13.0 Å². The van der Waals surface area contributed by atoms with Crippen LogP contribution in [0.15, 0.2) is 66.9 Å². The number of aromatic nitrogens is 1. The van der Waals surface area contributed by atoms with Crippen LogP contribution in [0.1, 0.15) is 18.5 Å². The Bertz CT molecular complexity index is 930. The number of amides is 1. The van der Waals surface area contributed by atoms with E-state index >= 15 is 0 Å². The molecule has 1 aromatic heterocycles. The lowest BCUT2D eigenvalue weighted by Crippen LogP contribution is -2.49. The van der Waals surface area contributed by atoms with E-state index in [0.717, 1.165) is 37.6 Å². The first kappa shape index (κ1) is 18.4. The van der Waals surface area contributed by atoms with Crippen LogP contribution in [0, 0.1) is 0 Å². The van der Waals surface area contributed by atoms with Crippen LogP contribution >= 0.6 is 0 Å². The first-order chi connectivity index (χ1) is 13.7. The van der Waals surface area contributed by atoms with Crippen LogP contribution in [0.25, 0.3) is 10.8 Å². The van der Waals surface area contributed by atoms with Crippen LogP contribution in [0.5, 0.6) is 0 Å². The molecule has 1 saturated heterocycles. The highest BCUT2D eigenvalue weighted by Crippen LogP contribution is 2.24. The number of pyridine rings is 1. The Kier molecular flexibility index (Phi) is 5.53. The maximum absolute atomic E-state index is 12.6. The second-order valence-corrected chi connectivity index (χ2v) is 7.31. The predicted octanol–water partition coefficient (Wildman–Crippen LogP) is 3.23. The number of nitrogens with zero attached hydrogens (tertiary/aromatic N) is 3. The number of carbonyl (C=O) groups is 1. The molecule has 4 rings (SSSR count). The van der Waals surface area contributed by atoms with E-state index in [9.17, 15) is 4.79 Å². The van der Waals surface area contributed by atoms with Crippen molar-refractivity contribution < 1.29 is 4.79 Å². The number of piperazine rings is 1. The monoisotopic (exact) mass is 374 g/mol. The molecule has 0 saturated carbocycles. The van der Waals surface area contributed by atoms with E-state index in [-0.39, 0.29) is 11.9 Å². The fraction of sp³-hybridized carbons (Fsp3) is 0.304. The minimum Gasteiger partial charge on any atom is -0.354 e. The third-order valence-electron chi connectivity index (χ3n) is 5.38. The van der Waals surface area contributed by atoms with Crippen molar-refractivity contribution in [3.8, 4) is 0 Å². The predicted molar refractivity (Wildman–Crippen MR) is 113 cm³/mol. The summed E-state index contributed by atoms with van der Waals surface area (Å²) >= 11 is 0. The Morgan fingerprint density at radius 2 is 1.75 bits per heavy atom. The van der Waals surface area contributed by atoms with Gasteiger partial charge in [0.25, 0.3) is 0 Å². The van der Waals surface area contributed by atoms with Gasteiger partial charge in [-0.25, -0.2) is 4.98 Å². The Morgan fingerprint density at radius 1 is 1.00 bits per heavy atom. The smallest absolute Gasteiger partial charge is 0.234 e. The van der Waals surface area contributed by atoms with Gasteiger partial charge in [0.05, 0.1) is 12.6 Å². The molecule has 0 radical (unpaired) electrons. The van der Waals surface area contributed by atoms with Crippen molar-refractivity contribution >= 4 is 22.5 Å². The molecule has 5 nitrogen and oxygen atoms in total. The quantitative estimate of drug-likeness (QED) is 0.745. The van der Waals surface area contributed by atoms with Crippen LogP contribution in [0.4, 0.5) is 5.82 Å². The third-order valence-corrected chi connectivity index (χ3v) is 5.38. The number of hydrogen-bond donors (Lipinski definition) is 1. The lowest BCUT2D eigenvalue weighted by molar-refractivity contribution is -0.123. The van der Waals surface area contributed by atoms with Crippen molar-refractivity contribution in [1.82, 2.24) is 15.2 Å². The molecular weight excluding hydrogens is 348 g/mol. The topological polar surface area (TPSA) is 48.5 Å². The number of carbonyl (C=O) groups excluding carboxylic acids is 1. The van der Waals surface area contributed by atoms with Crippen molar-refractivity contribution in [2.75, 3.05) is 37.6 Å². The zero-order chi connectivity index (χ0) is 19.3. The Labute approximate surface area is 166 Å². The molecule has 0 aliphatic carbocycles. The summed E-state index contributed by atoms with van der Waals surface area (Å²) in [4.78, 5) is 21.5. The molecule has 1 N–H and O–H groups in total. The summed E-state index contributed by atoms with van der Waals surface area (Å²) in [7, 11) is 0. The fourth-order valence-electron chi connectivity index (χ4n) is 3.87. The fourth-order valence-corrected chi connectivity index (χ4v) is 3.87. The molecule has 0 unspecified atom stereocenters. The minimum atomic E-state index is -0.0200. The highest BCUT2D eigenvalue weighted by molar-refractivity contribution is 5.87. The van der Waals surface area contributed by atoms with E-state index in [1.54, 1.807) is 0 Å². The van der Waals surface area contributed by atoms with Gasteiger partial charge in [0.2, 0.25) is 5.91 Å². The van der Waals surface area contributed by atoms with E-state index in [4.69, 9.17) is 0 Å². The number of anilines is 1. The SMILES string of the molecule is C[C@@H](NC(=O)CN1CCN(c2ccccn2)CC1)c1cccc2ccccc12. The maximum Gasteiger partial charge on any atom is 0.234 e. The summed E-state index contributed by atoms with van der Waals surface area (Å²) in [5.74, 6) is 1.09. The number of nitrogens with one attached hydrogen (secondary N) is 1. The van der Waals surface area contributed by atoms with Gasteiger partial charge in [-0.15, -0.1) is 0 Å². The molecule has 0 spiro atoms. The molecule has 2 aromatic carbocycles. The van der Waals surface area contributed by atoms with E-state index in [2.05, 4.69) is 57.4 Å². The summed E-state index contributed by atoms with van der Waals surface area (Å²) in [6, 6.07) is 20.5. The maximum atomic E-state index is 12.6. The zero-order valence-corrected chi connectivity index (χ0v) is 16.2. The van der Waals surface area contributed by atoms with E-state index in [0.29, 0.717) is 6.54 Å². The van der Waals surface area contributed by atoms with Gasteiger partial charge in [-0.1, -0.05) is 48.5 Å². The second-order valence-electron chi connectivity index (χ2n) is 7.31. The minimum absolute atomic E-state index is 0.0200. The highest BCUT2D eigenvalue weighted by Gasteiger charge is 2.20. The Balaban J connectivity index is 1.32. The van der Waals surface area contributed by atoms with Crippen LogP contribution in [0.2, 0.25) is 0 Å². The lowest BCUT2D eigenvalue weighted by atomic mass is 10.00. The molecule has 1 amide bonds. The normalized spacial score (nSPS) is 16.1. The van der Waals surface area contributed by atoms with Crippen molar-refractivity contribution in [2.24, 2.45) is 0 Å². The molecule has 2 heterocycles. The zero-order valence-electron chi connectivity index (χ0n) is 16.2. The molecule has 1 aliphatic rings. The van der Waals surface area contributed by atoms with Gasteiger partial charge in [0, 0.05) is 32.4 Å². The molecule has 28 heavy (non-hydrogen) atoms. The average Bonchev–Trinajstić information content (AvgIpc) is 2.74. The van der Waals surface area contributed by atoms with E-state index in [1.165, 1.54) is 10.8 Å². The molecule has 0 bridgehead atoms. The summed E-state index contributed by atoms with van der Waals surface area (Å²) < 4.78 is 0. The van der Waals surface area contributed by atoms with E-state index in [1.807, 2.05) is 36.5 Å². The van der Waals surface area contributed by atoms with Crippen LogP contribution in [-0.2, 0) is 4.79 Å². The van der Waals surface area contributed by atoms with Crippen LogP contribution in [0.3, 0.4) is 0 Å². The summed E-state index contributed by atoms with van der Waals surface area (Å²) in [5.41, 5.74) is 1.16. The molecule has 1 fully saturated rings. The molecule has 1 aliphatic heterocycles. The van der Waals surface area contributed by atoms with Gasteiger partial charge in [-0.2, -0.15) is 0 Å². The molecule has 3 aromatic rings. The molecular formula is C23H26N4O. The molecule has 5 heteroatoms. The summed E-state index contributed by atoms with van der Waals surface area (Å²) in [6.45, 7) is 6.01. The summed E-state index contributed by atoms with van der Waals surface area (Å²) in [6.07, 6.45) is 1.82. The molecule has 1 atom stereocenters. The standard InChI is InChI=1S/C23H26N4O/c1-18(20-10-6-8-19-7-2-3-9-21(19)20)25-23(28)17-26-13-15-27(16-14-26)22-11-4-5-12-24-22/h2-12,18H,13-17H2,1H3,(H,25,28)/t18-/m1/s1. The van der Waals surface area contributed by atoms with Crippen molar-refractivity contribution in [3.05, 3.63) is 72.4 Å². The van der Waals surface area contributed by atoms with Crippen LogP contribution in [-0.4, -0.2) is 48.5 Å². The number of fused-ring (bicyclic) bond motifs is 1. The number of benzene rings is 2. The van der Waals surface area contributed by atoms with Gasteiger partial charge < -0.3 is 10.2 Å². The second kappa shape index (κ2) is 8.40. The molecule has 144 valence electrons. The first-order valence-electron chi connectivity index (χ1n) is 9.86. The van der Waals surface area contributed by atoms with Crippen molar-refractivity contribution in [3.63, 3.8) is 0 Å². The van der Waals surface area contributed by atoms with Crippen LogP contribution < -0.4 is 10.2 Å². The first-order valence-corrected chi connectivity index (χ1v) is 9.86. The Hall–Kier alpha value is -2.92.